The van der Waals surface area contributed by atoms with Gasteiger partial charge in [0.05, 0.1) is 12.0 Å². The molecule has 0 aliphatic carbocycles. The van der Waals surface area contributed by atoms with Gasteiger partial charge in [-0.2, -0.15) is 0 Å². The fourth-order valence-corrected chi connectivity index (χ4v) is 4.34. The van der Waals surface area contributed by atoms with Crippen molar-refractivity contribution in [1.82, 2.24) is 14.7 Å². The number of thiophene rings is 1. The zero-order valence-corrected chi connectivity index (χ0v) is 19.1. The van der Waals surface area contributed by atoms with E-state index >= 15 is 0 Å². The number of carbonyl (C=O) groups excluding carboxylic acids is 2. The number of hydrogen-bond acceptors (Lipinski definition) is 5. The van der Waals surface area contributed by atoms with Gasteiger partial charge in [-0.15, -0.1) is 11.3 Å². The lowest BCUT2D eigenvalue weighted by atomic mass is 10.2. The molecule has 0 atom stereocenters. The third-order valence-corrected chi connectivity index (χ3v) is 6.35. The molecule has 1 saturated heterocycles. The summed E-state index contributed by atoms with van der Waals surface area (Å²) in [5, 5.41) is 1.93. The molecule has 166 valence electrons. The zero-order valence-electron chi connectivity index (χ0n) is 18.3. The number of para-hydroxylation sites is 1. The lowest BCUT2D eigenvalue weighted by molar-refractivity contribution is -0.132. The second kappa shape index (κ2) is 11.7. The van der Waals surface area contributed by atoms with Gasteiger partial charge in [0.25, 0.3) is 5.91 Å². The maximum Gasteiger partial charge on any atom is 0.264 e. The molecule has 1 aliphatic rings. The van der Waals surface area contributed by atoms with Gasteiger partial charge in [0, 0.05) is 57.8 Å². The number of carbonyl (C=O) groups is 2. The lowest BCUT2D eigenvalue weighted by Gasteiger charge is -2.35. The van der Waals surface area contributed by atoms with Crippen molar-refractivity contribution < 1.29 is 14.3 Å². The molecule has 31 heavy (non-hydrogen) atoms. The van der Waals surface area contributed by atoms with Gasteiger partial charge >= 0.3 is 0 Å². The van der Waals surface area contributed by atoms with Gasteiger partial charge in [-0.25, -0.2) is 0 Å². The van der Waals surface area contributed by atoms with Crippen molar-refractivity contribution in [2.45, 2.75) is 13.3 Å². The molecule has 0 bridgehead atoms. The Bertz CT molecular complexity index is 874. The molecule has 1 aromatic carbocycles. The van der Waals surface area contributed by atoms with Gasteiger partial charge in [-0.1, -0.05) is 43.3 Å². The monoisotopic (exact) mass is 441 g/mol. The predicted octanol–water partition coefficient (Wildman–Crippen LogP) is 3.47. The largest absolute Gasteiger partial charge is 0.496 e. The summed E-state index contributed by atoms with van der Waals surface area (Å²) < 4.78 is 5.40. The molecule has 1 fully saturated rings. The number of methoxy groups -OCH3 is 1. The van der Waals surface area contributed by atoms with Crippen molar-refractivity contribution in [2.75, 3.05) is 52.9 Å². The van der Waals surface area contributed by atoms with E-state index in [1.165, 1.54) is 11.3 Å². The third kappa shape index (κ3) is 6.42. The van der Waals surface area contributed by atoms with E-state index in [-0.39, 0.29) is 11.8 Å². The Morgan fingerprint density at radius 1 is 1.13 bits per heavy atom. The normalized spacial score (nSPS) is 14.7. The molecule has 1 aliphatic heterocycles. The highest BCUT2D eigenvalue weighted by Crippen LogP contribution is 2.19. The van der Waals surface area contributed by atoms with Crippen molar-refractivity contribution >= 4 is 29.2 Å². The standard InChI is InChI=1S/C24H31N3O3S/c1-3-23(28)26-16-13-25(14-17-26)15-18-27(24(29)22-11-7-19-31-22)12-6-9-20-8-4-5-10-21(20)30-2/h4-11,19H,3,12-18H2,1-2H3/b9-6+. The number of benzene rings is 1. The van der Waals surface area contributed by atoms with Crippen LogP contribution in [0.2, 0.25) is 0 Å². The van der Waals surface area contributed by atoms with E-state index in [0.29, 0.717) is 19.5 Å². The van der Waals surface area contributed by atoms with E-state index < -0.39 is 0 Å². The molecule has 2 heterocycles. The van der Waals surface area contributed by atoms with Gasteiger partial charge in [-0.05, 0) is 17.5 Å². The van der Waals surface area contributed by atoms with Crippen LogP contribution in [-0.2, 0) is 4.79 Å². The van der Waals surface area contributed by atoms with E-state index in [9.17, 15) is 9.59 Å². The van der Waals surface area contributed by atoms with Gasteiger partial charge < -0.3 is 14.5 Å². The minimum Gasteiger partial charge on any atom is -0.496 e. The molecular formula is C24H31N3O3S. The quantitative estimate of drug-likeness (QED) is 0.598. The minimum atomic E-state index is 0.0551. The van der Waals surface area contributed by atoms with E-state index in [2.05, 4.69) is 4.90 Å². The number of hydrogen-bond donors (Lipinski definition) is 0. The second-order valence-electron chi connectivity index (χ2n) is 7.45. The SMILES string of the molecule is CCC(=O)N1CCN(CCN(C/C=C/c2ccccc2OC)C(=O)c2cccs2)CC1. The molecule has 1 aromatic heterocycles. The zero-order chi connectivity index (χ0) is 22.1. The maximum absolute atomic E-state index is 13.0. The number of amides is 2. The van der Waals surface area contributed by atoms with Crippen molar-refractivity contribution in [3.8, 4) is 5.75 Å². The summed E-state index contributed by atoms with van der Waals surface area (Å²) in [6.07, 6.45) is 4.57. The van der Waals surface area contributed by atoms with Gasteiger partial charge in [0.2, 0.25) is 5.91 Å². The van der Waals surface area contributed by atoms with Crippen LogP contribution in [0.15, 0.2) is 47.9 Å². The highest BCUT2D eigenvalue weighted by molar-refractivity contribution is 7.12. The third-order valence-electron chi connectivity index (χ3n) is 5.49. The van der Waals surface area contributed by atoms with Crippen LogP contribution in [0.4, 0.5) is 0 Å². The number of rotatable bonds is 9. The van der Waals surface area contributed by atoms with Gasteiger partial charge in [0.1, 0.15) is 5.75 Å². The molecule has 3 rings (SSSR count). The highest BCUT2D eigenvalue weighted by atomic mass is 32.1. The first-order valence-electron chi connectivity index (χ1n) is 10.7. The molecule has 0 spiro atoms. The smallest absolute Gasteiger partial charge is 0.264 e. The number of ether oxygens (including phenoxy) is 1. The first kappa shape index (κ1) is 23.0. The van der Waals surface area contributed by atoms with E-state index in [1.807, 2.05) is 70.7 Å². The summed E-state index contributed by atoms with van der Waals surface area (Å²) in [5.41, 5.74) is 0.991. The number of nitrogens with zero attached hydrogens (tertiary/aromatic N) is 3. The van der Waals surface area contributed by atoms with Gasteiger partial charge in [-0.3, -0.25) is 14.5 Å². The summed E-state index contributed by atoms with van der Waals surface area (Å²) >= 11 is 1.47. The topological polar surface area (TPSA) is 53.1 Å². The Kier molecular flexibility index (Phi) is 8.67. The van der Waals surface area contributed by atoms with Crippen LogP contribution in [-0.4, -0.2) is 79.4 Å². The summed E-state index contributed by atoms with van der Waals surface area (Å²) in [5.74, 6) is 1.09. The first-order chi connectivity index (χ1) is 15.1. The molecule has 0 unspecified atom stereocenters. The Morgan fingerprint density at radius 3 is 2.58 bits per heavy atom. The summed E-state index contributed by atoms with van der Waals surface area (Å²) in [6.45, 7) is 7.11. The van der Waals surface area contributed by atoms with Crippen LogP contribution in [0, 0.1) is 0 Å². The van der Waals surface area contributed by atoms with Gasteiger partial charge in [0.15, 0.2) is 0 Å². The fourth-order valence-electron chi connectivity index (χ4n) is 3.65. The Labute approximate surface area is 188 Å². The molecular weight excluding hydrogens is 410 g/mol. The minimum absolute atomic E-state index is 0.0551. The van der Waals surface area contributed by atoms with Crippen molar-refractivity contribution in [3.05, 3.63) is 58.3 Å². The van der Waals surface area contributed by atoms with E-state index in [4.69, 9.17) is 4.74 Å². The molecule has 7 heteroatoms. The molecule has 0 N–H and O–H groups in total. The van der Waals surface area contributed by atoms with Crippen LogP contribution >= 0.6 is 11.3 Å². The van der Waals surface area contributed by atoms with Crippen molar-refractivity contribution in [3.63, 3.8) is 0 Å². The molecule has 2 amide bonds. The first-order valence-corrected chi connectivity index (χ1v) is 11.6. The Balaban J connectivity index is 1.60. The average molecular weight is 442 g/mol. The maximum atomic E-state index is 13.0. The Hall–Kier alpha value is -2.64. The molecule has 6 nitrogen and oxygen atoms in total. The van der Waals surface area contributed by atoms with Crippen LogP contribution in [0.1, 0.15) is 28.6 Å². The second-order valence-corrected chi connectivity index (χ2v) is 8.40. The van der Waals surface area contributed by atoms with Crippen molar-refractivity contribution in [2.24, 2.45) is 0 Å². The Morgan fingerprint density at radius 2 is 1.90 bits per heavy atom. The van der Waals surface area contributed by atoms with Crippen LogP contribution < -0.4 is 4.74 Å². The highest BCUT2D eigenvalue weighted by Gasteiger charge is 2.21. The van der Waals surface area contributed by atoms with Crippen LogP contribution in [0.5, 0.6) is 5.75 Å². The van der Waals surface area contributed by atoms with Crippen LogP contribution in [0.3, 0.4) is 0 Å². The molecule has 0 saturated carbocycles. The fraction of sp³-hybridized carbons (Fsp3) is 0.417. The summed E-state index contributed by atoms with van der Waals surface area (Å²) in [4.78, 5) is 31.8. The average Bonchev–Trinajstić information content (AvgIpc) is 3.36. The summed E-state index contributed by atoms with van der Waals surface area (Å²) in [6, 6.07) is 11.6. The molecule has 0 radical (unpaired) electrons. The van der Waals surface area contributed by atoms with Crippen molar-refractivity contribution in [1.29, 1.82) is 0 Å². The predicted molar refractivity (Wildman–Crippen MR) is 126 cm³/mol. The number of piperazine rings is 1. The van der Waals surface area contributed by atoms with Crippen LogP contribution in [0.25, 0.3) is 6.08 Å². The lowest BCUT2D eigenvalue weighted by Crippen LogP contribution is -2.50. The van der Waals surface area contributed by atoms with E-state index in [0.717, 1.165) is 48.9 Å². The summed E-state index contributed by atoms with van der Waals surface area (Å²) in [7, 11) is 1.66. The van der Waals surface area contributed by atoms with E-state index in [1.54, 1.807) is 7.11 Å². The molecule has 2 aromatic rings.